The second-order valence-corrected chi connectivity index (χ2v) is 3.49. The lowest BCUT2D eigenvalue weighted by Gasteiger charge is -2.09. The van der Waals surface area contributed by atoms with Crippen LogP contribution in [0.25, 0.3) is 0 Å². The first-order chi connectivity index (χ1) is 6.85. The van der Waals surface area contributed by atoms with E-state index in [1.165, 1.54) is 0 Å². The normalized spacial score (nSPS) is 10.9. The van der Waals surface area contributed by atoms with Crippen LogP contribution in [0.3, 0.4) is 0 Å². The first-order valence-electron chi connectivity index (χ1n) is 3.35. The van der Waals surface area contributed by atoms with Gasteiger partial charge in [0.25, 0.3) is 0 Å². The predicted octanol–water partition coefficient (Wildman–Crippen LogP) is 3.27. The van der Waals surface area contributed by atoms with Crippen molar-refractivity contribution in [1.82, 2.24) is 4.98 Å². The third-order valence-corrected chi connectivity index (χ3v) is 2.22. The van der Waals surface area contributed by atoms with Crippen molar-refractivity contribution in [3.05, 3.63) is 21.3 Å². The van der Waals surface area contributed by atoms with E-state index in [4.69, 9.17) is 16.9 Å². The van der Waals surface area contributed by atoms with Crippen LogP contribution in [0.4, 0.5) is 13.2 Å². The number of hydrogen-bond acceptors (Lipinski definition) is 3. The highest BCUT2D eigenvalue weighted by molar-refractivity contribution is 9.10. The van der Waals surface area contributed by atoms with Gasteiger partial charge in [-0.2, -0.15) is 5.26 Å². The van der Waals surface area contributed by atoms with Crippen LogP contribution in [0.1, 0.15) is 5.56 Å². The van der Waals surface area contributed by atoms with E-state index in [9.17, 15) is 13.2 Å². The van der Waals surface area contributed by atoms with E-state index in [0.717, 1.165) is 6.20 Å². The molecule has 1 heterocycles. The van der Waals surface area contributed by atoms with Crippen LogP contribution in [-0.2, 0) is 0 Å². The van der Waals surface area contributed by atoms with Gasteiger partial charge in [0.1, 0.15) is 11.1 Å². The molecule has 0 fully saturated rings. The van der Waals surface area contributed by atoms with Gasteiger partial charge in [0.05, 0.1) is 10.0 Å². The molecular weight excluding hydrogens is 300 g/mol. The minimum Gasteiger partial charge on any atom is -0.386 e. The van der Waals surface area contributed by atoms with Crippen LogP contribution in [0.15, 0.2) is 10.7 Å². The van der Waals surface area contributed by atoms with Crippen LogP contribution in [0, 0.1) is 11.3 Å². The highest BCUT2D eigenvalue weighted by Gasteiger charge is 2.33. The molecule has 0 unspecified atom stereocenters. The Morgan fingerprint density at radius 1 is 1.53 bits per heavy atom. The second kappa shape index (κ2) is 4.24. The second-order valence-electron chi connectivity index (χ2n) is 2.26. The Morgan fingerprint density at radius 3 is 2.60 bits per heavy atom. The molecule has 1 aromatic heterocycles. The van der Waals surface area contributed by atoms with Gasteiger partial charge in [-0.05, 0) is 15.9 Å². The van der Waals surface area contributed by atoms with Gasteiger partial charge in [-0.1, -0.05) is 11.6 Å². The molecule has 0 aliphatic heterocycles. The fraction of sp³-hybridized carbons (Fsp3) is 0.143. The van der Waals surface area contributed by atoms with Gasteiger partial charge >= 0.3 is 6.36 Å². The lowest BCUT2D eigenvalue weighted by Crippen LogP contribution is -2.18. The molecule has 80 valence electrons. The molecule has 0 radical (unpaired) electrons. The topological polar surface area (TPSA) is 45.9 Å². The summed E-state index contributed by atoms with van der Waals surface area (Å²) in [6.45, 7) is 0. The Kier molecular flexibility index (Phi) is 3.42. The van der Waals surface area contributed by atoms with Gasteiger partial charge in [-0.15, -0.1) is 13.2 Å². The molecule has 0 spiro atoms. The van der Waals surface area contributed by atoms with Crippen molar-refractivity contribution in [3.63, 3.8) is 0 Å². The molecule has 0 amide bonds. The smallest absolute Gasteiger partial charge is 0.386 e. The average Bonchev–Trinajstić information content (AvgIpc) is 2.09. The third-order valence-electron chi connectivity index (χ3n) is 1.27. The molecule has 0 saturated heterocycles. The van der Waals surface area contributed by atoms with E-state index in [0.29, 0.717) is 0 Å². The number of rotatable bonds is 1. The minimum absolute atomic E-state index is 0.161. The van der Waals surface area contributed by atoms with E-state index >= 15 is 0 Å². The Bertz CT molecular complexity index is 429. The summed E-state index contributed by atoms with van der Waals surface area (Å²) in [5, 5.41) is 8.11. The van der Waals surface area contributed by atoms with Crippen molar-refractivity contribution in [3.8, 4) is 11.9 Å². The number of alkyl halides is 3. The Hall–Kier alpha value is -1.00. The van der Waals surface area contributed by atoms with Crippen molar-refractivity contribution in [2.75, 3.05) is 0 Å². The first-order valence-corrected chi connectivity index (χ1v) is 4.52. The van der Waals surface area contributed by atoms with Crippen molar-refractivity contribution < 1.29 is 17.9 Å². The fourth-order valence-corrected chi connectivity index (χ4v) is 1.47. The van der Waals surface area contributed by atoms with Gasteiger partial charge in [0.2, 0.25) is 5.88 Å². The molecule has 0 aromatic carbocycles. The van der Waals surface area contributed by atoms with Crippen molar-refractivity contribution in [1.29, 1.82) is 5.26 Å². The largest absolute Gasteiger partial charge is 0.574 e. The summed E-state index contributed by atoms with van der Waals surface area (Å²) in [5.74, 6) is -0.844. The third kappa shape index (κ3) is 2.97. The minimum atomic E-state index is -4.89. The maximum atomic E-state index is 11.8. The van der Waals surface area contributed by atoms with E-state index in [-0.39, 0.29) is 10.0 Å². The zero-order valence-electron chi connectivity index (χ0n) is 6.77. The molecule has 0 N–H and O–H groups in total. The lowest BCUT2D eigenvalue weighted by atomic mass is 10.3. The standard InChI is InChI=1S/C7HBrClF3N2O/c8-4-2-14-6(15-7(10,11)12)5(9)3(4)1-13/h2H. The highest BCUT2D eigenvalue weighted by Crippen LogP contribution is 2.33. The Labute approximate surface area is 95.6 Å². The summed E-state index contributed by atoms with van der Waals surface area (Å²) in [4.78, 5) is 3.30. The van der Waals surface area contributed by atoms with Crippen molar-refractivity contribution in [2.45, 2.75) is 6.36 Å². The molecule has 0 saturated carbocycles. The van der Waals surface area contributed by atoms with Crippen LogP contribution < -0.4 is 4.74 Å². The lowest BCUT2D eigenvalue weighted by molar-refractivity contribution is -0.276. The van der Waals surface area contributed by atoms with Gasteiger partial charge in [0.15, 0.2) is 0 Å². The zero-order chi connectivity index (χ0) is 11.6. The maximum Gasteiger partial charge on any atom is 0.574 e. The van der Waals surface area contributed by atoms with Gasteiger partial charge in [-0.25, -0.2) is 4.98 Å². The zero-order valence-corrected chi connectivity index (χ0v) is 9.11. The molecular formula is C7HBrClF3N2O. The molecule has 8 heteroatoms. The van der Waals surface area contributed by atoms with E-state index in [1.54, 1.807) is 6.07 Å². The summed E-state index contributed by atoms with van der Waals surface area (Å²) in [7, 11) is 0. The SMILES string of the molecule is N#Cc1c(Br)cnc(OC(F)(F)F)c1Cl. The summed E-state index contributed by atoms with van der Waals surface area (Å²) >= 11 is 8.40. The monoisotopic (exact) mass is 300 g/mol. The number of nitrogens with zero attached hydrogens (tertiary/aromatic N) is 2. The van der Waals surface area contributed by atoms with Crippen LogP contribution >= 0.6 is 27.5 Å². The molecule has 1 aromatic rings. The molecule has 15 heavy (non-hydrogen) atoms. The molecule has 0 aliphatic carbocycles. The van der Waals surface area contributed by atoms with E-state index in [2.05, 4.69) is 25.7 Å². The number of aromatic nitrogens is 1. The maximum absolute atomic E-state index is 11.8. The van der Waals surface area contributed by atoms with Crippen LogP contribution in [0.5, 0.6) is 5.88 Å². The Balaban J connectivity index is 3.18. The van der Waals surface area contributed by atoms with Crippen LogP contribution in [0.2, 0.25) is 5.02 Å². The number of halogens is 5. The summed E-state index contributed by atoms with van der Waals surface area (Å²) in [6.07, 6.45) is -3.89. The van der Waals surface area contributed by atoms with Gasteiger partial charge in [0, 0.05) is 6.20 Å². The summed E-state index contributed by atoms with van der Waals surface area (Å²) < 4.78 is 39.2. The number of ether oxygens (including phenoxy) is 1. The molecule has 3 nitrogen and oxygen atoms in total. The predicted molar refractivity (Wildman–Crippen MR) is 48.3 cm³/mol. The molecule has 0 aliphatic rings. The average molecular weight is 301 g/mol. The van der Waals surface area contributed by atoms with Crippen molar-refractivity contribution >= 4 is 27.5 Å². The highest BCUT2D eigenvalue weighted by atomic mass is 79.9. The number of hydrogen-bond donors (Lipinski definition) is 0. The molecule has 0 atom stereocenters. The molecule has 1 rings (SSSR count). The Morgan fingerprint density at radius 2 is 2.13 bits per heavy atom. The quantitative estimate of drug-likeness (QED) is 0.800. The molecule has 0 bridgehead atoms. The first kappa shape index (κ1) is 12.1. The van der Waals surface area contributed by atoms with Gasteiger partial charge in [-0.3, -0.25) is 0 Å². The fourth-order valence-electron chi connectivity index (χ4n) is 0.732. The number of nitriles is 1. The summed E-state index contributed by atoms with van der Waals surface area (Å²) in [5.41, 5.74) is -0.161. The van der Waals surface area contributed by atoms with E-state index < -0.39 is 17.3 Å². The van der Waals surface area contributed by atoms with Crippen molar-refractivity contribution in [2.24, 2.45) is 0 Å². The summed E-state index contributed by atoms with van der Waals surface area (Å²) in [6, 6.07) is 1.62. The van der Waals surface area contributed by atoms with Gasteiger partial charge < -0.3 is 4.74 Å². The van der Waals surface area contributed by atoms with Crippen LogP contribution in [-0.4, -0.2) is 11.3 Å². The van der Waals surface area contributed by atoms with E-state index in [1.807, 2.05) is 0 Å². The number of pyridine rings is 1.